The molecule has 0 spiro atoms. The molecule has 2 heterocycles. The van der Waals surface area contributed by atoms with Crippen LogP contribution in [-0.4, -0.2) is 30.2 Å². The number of hydrogen-bond acceptors (Lipinski definition) is 5. The number of benzene rings is 3. The van der Waals surface area contributed by atoms with Crippen LogP contribution in [0.5, 0.6) is 5.75 Å². The maximum atomic E-state index is 13.1. The molecule has 194 valence electrons. The third kappa shape index (κ3) is 4.51. The second-order valence-electron chi connectivity index (χ2n) is 8.37. The van der Waals surface area contributed by atoms with Crippen LogP contribution in [0.1, 0.15) is 27.1 Å². The zero-order chi connectivity index (χ0) is 27.5. The van der Waals surface area contributed by atoms with Crippen molar-refractivity contribution in [3.8, 4) is 5.75 Å². The Morgan fingerprint density at radius 2 is 1.45 bits per heavy atom. The van der Waals surface area contributed by atoms with Crippen molar-refractivity contribution in [1.82, 2.24) is 0 Å². The van der Waals surface area contributed by atoms with Gasteiger partial charge < -0.3 is 9.64 Å². The van der Waals surface area contributed by atoms with Crippen LogP contribution in [0, 0.1) is 5.92 Å². The van der Waals surface area contributed by atoms with E-state index in [0.29, 0.717) is 15.7 Å². The number of carbonyl (C=O) groups excluding carboxylic acids is 4. The molecule has 1 saturated heterocycles. The number of esters is 1. The van der Waals surface area contributed by atoms with E-state index in [1.54, 1.807) is 18.2 Å². The number of amides is 3. The molecule has 2 aliphatic rings. The summed E-state index contributed by atoms with van der Waals surface area (Å²) in [5, 5.41) is 0.00185. The van der Waals surface area contributed by atoms with E-state index in [4.69, 9.17) is 74.3 Å². The van der Waals surface area contributed by atoms with Crippen LogP contribution in [-0.2, 0) is 9.59 Å². The summed E-state index contributed by atoms with van der Waals surface area (Å²) in [6.07, 6.45) is -0.0989. The molecule has 0 aromatic heterocycles. The van der Waals surface area contributed by atoms with E-state index in [9.17, 15) is 19.2 Å². The molecular formula is C25H12Cl6N2O5. The van der Waals surface area contributed by atoms with Gasteiger partial charge >= 0.3 is 5.97 Å². The van der Waals surface area contributed by atoms with E-state index in [-0.39, 0.29) is 61.5 Å². The van der Waals surface area contributed by atoms with Gasteiger partial charge in [-0.1, -0.05) is 75.7 Å². The van der Waals surface area contributed by atoms with Crippen LogP contribution in [0.15, 0.2) is 42.5 Å². The van der Waals surface area contributed by atoms with Crippen molar-refractivity contribution in [2.24, 2.45) is 5.92 Å². The second-order valence-corrected chi connectivity index (χ2v) is 10.7. The van der Waals surface area contributed by atoms with Crippen LogP contribution in [0.3, 0.4) is 0 Å². The first-order valence-corrected chi connectivity index (χ1v) is 13.1. The maximum absolute atomic E-state index is 13.1. The molecule has 13 heteroatoms. The highest BCUT2D eigenvalue weighted by atomic mass is 35.5. The number of rotatable bonds is 4. The molecule has 38 heavy (non-hydrogen) atoms. The minimum absolute atomic E-state index is 0.0361. The zero-order valence-electron chi connectivity index (χ0n) is 18.7. The molecule has 3 amide bonds. The van der Waals surface area contributed by atoms with Gasteiger partial charge in [0.25, 0.3) is 11.8 Å². The SMILES string of the molecule is O=C(Oc1cccc(N2C(=O)c3c(Cl)c(Cl)c(Cl)c(Cl)c3C2=O)c1)[C@H]1CC(=O)N(c2cc(Cl)ccc2Cl)C1. The van der Waals surface area contributed by atoms with E-state index in [2.05, 4.69) is 0 Å². The van der Waals surface area contributed by atoms with E-state index in [1.165, 1.54) is 29.2 Å². The Hall–Kier alpha value is -2.52. The minimum atomic E-state index is -0.789. The number of halogens is 6. The van der Waals surface area contributed by atoms with E-state index >= 15 is 0 Å². The third-order valence-corrected chi connectivity index (χ3v) is 8.41. The van der Waals surface area contributed by atoms with Crippen molar-refractivity contribution in [2.45, 2.75) is 6.42 Å². The summed E-state index contributed by atoms with van der Waals surface area (Å²) in [6, 6.07) is 10.4. The fraction of sp³-hybridized carbons (Fsp3) is 0.120. The van der Waals surface area contributed by atoms with Crippen LogP contribution < -0.4 is 14.5 Å². The van der Waals surface area contributed by atoms with Gasteiger partial charge in [0.05, 0.1) is 53.5 Å². The Balaban J connectivity index is 1.37. The molecule has 5 rings (SSSR count). The number of fused-ring (bicyclic) bond motifs is 1. The molecule has 1 fully saturated rings. The van der Waals surface area contributed by atoms with Crippen LogP contribution in [0.4, 0.5) is 11.4 Å². The lowest BCUT2D eigenvalue weighted by molar-refractivity contribution is -0.139. The molecule has 0 saturated carbocycles. The summed E-state index contributed by atoms with van der Waals surface area (Å²) in [6.45, 7) is 0.0361. The first-order chi connectivity index (χ1) is 18.0. The van der Waals surface area contributed by atoms with Gasteiger partial charge in [0.15, 0.2) is 0 Å². The Morgan fingerprint density at radius 1 is 0.816 bits per heavy atom. The number of anilines is 2. The van der Waals surface area contributed by atoms with Crippen molar-refractivity contribution in [3.05, 3.63) is 83.7 Å². The normalized spacial score (nSPS) is 16.9. The van der Waals surface area contributed by atoms with Gasteiger partial charge in [0.1, 0.15) is 5.75 Å². The standard InChI is InChI=1S/C25H12Cl6N2O5/c26-11-4-5-14(27)15(7-11)32-9-10(6-16(32)34)25(37)38-13-3-1-2-12(8-13)33-23(35)17-18(24(33)36)20(29)22(31)21(30)19(17)28/h1-5,7-8,10H,6,9H2/t10-/m0/s1. The third-order valence-electron chi connectivity index (χ3n) is 6.05. The van der Waals surface area contributed by atoms with Gasteiger partial charge in [-0.15, -0.1) is 0 Å². The highest BCUT2D eigenvalue weighted by Gasteiger charge is 2.43. The van der Waals surface area contributed by atoms with E-state index < -0.39 is 23.7 Å². The molecule has 0 unspecified atom stereocenters. The molecule has 0 bridgehead atoms. The first kappa shape index (κ1) is 27.1. The highest BCUT2D eigenvalue weighted by molar-refractivity contribution is 6.56. The summed E-state index contributed by atoms with van der Waals surface area (Å²) in [4.78, 5) is 54.0. The number of carbonyl (C=O) groups is 4. The van der Waals surface area contributed by atoms with Gasteiger partial charge in [-0.25, -0.2) is 4.90 Å². The van der Waals surface area contributed by atoms with Crippen LogP contribution in [0.25, 0.3) is 0 Å². The molecule has 7 nitrogen and oxygen atoms in total. The quantitative estimate of drug-likeness (QED) is 0.0986. The molecule has 0 radical (unpaired) electrons. The highest BCUT2D eigenvalue weighted by Crippen LogP contribution is 2.46. The Kier molecular flexibility index (Phi) is 7.28. The largest absolute Gasteiger partial charge is 0.426 e. The van der Waals surface area contributed by atoms with Gasteiger partial charge in [-0.05, 0) is 30.3 Å². The summed E-state index contributed by atoms with van der Waals surface area (Å²) in [5.41, 5.74) is 0.130. The van der Waals surface area contributed by atoms with Crippen molar-refractivity contribution in [2.75, 3.05) is 16.3 Å². The summed E-state index contributed by atoms with van der Waals surface area (Å²) in [7, 11) is 0. The van der Waals surface area contributed by atoms with Crippen molar-refractivity contribution in [1.29, 1.82) is 0 Å². The molecule has 0 N–H and O–H groups in total. The number of imide groups is 1. The van der Waals surface area contributed by atoms with Gasteiger partial charge in [0, 0.05) is 24.1 Å². The summed E-state index contributed by atoms with van der Waals surface area (Å²) in [5.74, 6) is -3.28. The molecule has 1 atom stereocenters. The molecule has 2 aliphatic heterocycles. The Bertz CT molecular complexity index is 1530. The topological polar surface area (TPSA) is 84.0 Å². The van der Waals surface area contributed by atoms with Gasteiger partial charge in [-0.2, -0.15) is 0 Å². The number of hydrogen-bond donors (Lipinski definition) is 0. The molecule has 3 aromatic carbocycles. The lowest BCUT2D eigenvalue weighted by atomic mass is 10.1. The first-order valence-electron chi connectivity index (χ1n) is 10.8. The molecular weight excluding hydrogens is 621 g/mol. The summed E-state index contributed by atoms with van der Waals surface area (Å²) >= 11 is 36.8. The smallest absolute Gasteiger partial charge is 0.316 e. The lowest BCUT2D eigenvalue weighted by Gasteiger charge is -2.18. The Labute approximate surface area is 245 Å². The Morgan fingerprint density at radius 3 is 2.08 bits per heavy atom. The van der Waals surface area contributed by atoms with Crippen LogP contribution in [0.2, 0.25) is 30.1 Å². The van der Waals surface area contributed by atoms with Gasteiger partial charge in [0.2, 0.25) is 5.91 Å². The van der Waals surface area contributed by atoms with Crippen molar-refractivity contribution >= 4 is 105 Å². The monoisotopic (exact) mass is 630 g/mol. The van der Waals surface area contributed by atoms with Crippen LogP contribution >= 0.6 is 69.6 Å². The summed E-state index contributed by atoms with van der Waals surface area (Å²) < 4.78 is 5.50. The second kappa shape index (κ2) is 10.2. The lowest BCUT2D eigenvalue weighted by Crippen LogP contribution is -2.29. The average molecular weight is 633 g/mol. The predicted molar refractivity (Wildman–Crippen MR) is 147 cm³/mol. The maximum Gasteiger partial charge on any atom is 0.316 e. The molecule has 0 aliphatic carbocycles. The molecule has 3 aromatic rings. The van der Waals surface area contributed by atoms with Gasteiger partial charge in [-0.3, -0.25) is 19.2 Å². The minimum Gasteiger partial charge on any atom is -0.426 e. The van der Waals surface area contributed by atoms with Crippen molar-refractivity contribution < 1.29 is 23.9 Å². The number of nitrogens with zero attached hydrogens (tertiary/aromatic N) is 2. The fourth-order valence-corrected chi connectivity index (χ4v) is 5.66. The fourth-order valence-electron chi connectivity index (χ4n) is 4.26. The van der Waals surface area contributed by atoms with E-state index in [1.807, 2.05) is 0 Å². The predicted octanol–water partition coefficient (Wildman–Crippen LogP) is 7.37. The average Bonchev–Trinajstić information content (AvgIpc) is 3.39. The zero-order valence-corrected chi connectivity index (χ0v) is 23.3. The van der Waals surface area contributed by atoms with Crippen molar-refractivity contribution in [3.63, 3.8) is 0 Å². The number of ether oxygens (including phenoxy) is 1. The van der Waals surface area contributed by atoms with E-state index in [0.717, 1.165) is 4.90 Å².